The Labute approximate surface area is 83.2 Å². The Balaban J connectivity index is 2.57. The Morgan fingerprint density at radius 2 is 2.33 bits per heavy atom. The summed E-state index contributed by atoms with van der Waals surface area (Å²) in [6.45, 7) is 6.34. The zero-order valence-corrected chi connectivity index (χ0v) is 10.2. The Hall–Kier alpha value is 0.00844. The minimum atomic E-state index is -0.142. The van der Waals surface area contributed by atoms with E-state index in [-0.39, 0.29) is 5.41 Å². The molecule has 0 aliphatic carbocycles. The predicted molar refractivity (Wildman–Crippen MR) is 52.7 cm³/mol. The molecule has 3 heteroatoms. The third kappa shape index (κ3) is 2.03. The Morgan fingerprint density at radius 1 is 1.67 bits per heavy atom. The van der Waals surface area contributed by atoms with Crippen LogP contribution in [0.3, 0.4) is 0 Å². The van der Waals surface area contributed by atoms with E-state index < -0.39 is 0 Å². The molecule has 1 rings (SSSR count). The Bertz CT molecular complexity index is 189. The zero-order valence-electron chi connectivity index (χ0n) is 7.80. The second-order valence-corrected chi connectivity index (χ2v) is 5.62. The topological polar surface area (TPSA) is 35.8 Å². The SMILES string of the molecule is CC(C)(C#N)C([AsH2])C1CCNC1. The van der Waals surface area contributed by atoms with E-state index in [1.54, 1.807) is 16.9 Å². The van der Waals surface area contributed by atoms with Gasteiger partial charge in [0.2, 0.25) is 0 Å². The zero-order chi connectivity index (χ0) is 9.19. The first kappa shape index (κ1) is 10.1. The summed E-state index contributed by atoms with van der Waals surface area (Å²) >= 11 is 1.72. The van der Waals surface area contributed by atoms with Gasteiger partial charge in [0.25, 0.3) is 0 Å². The van der Waals surface area contributed by atoms with Crippen LogP contribution in [0.5, 0.6) is 0 Å². The fourth-order valence-electron chi connectivity index (χ4n) is 1.65. The van der Waals surface area contributed by atoms with E-state index in [0.29, 0.717) is 4.71 Å². The van der Waals surface area contributed by atoms with Crippen molar-refractivity contribution in [1.29, 1.82) is 5.26 Å². The van der Waals surface area contributed by atoms with E-state index in [1.807, 2.05) is 0 Å². The number of nitriles is 1. The van der Waals surface area contributed by atoms with E-state index in [2.05, 4.69) is 25.2 Å². The molecule has 0 aromatic carbocycles. The van der Waals surface area contributed by atoms with Crippen LogP contribution in [0.25, 0.3) is 0 Å². The van der Waals surface area contributed by atoms with Crippen LogP contribution in [0.2, 0.25) is 4.71 Å². The van der Waals surface area contributed by atoms with Gasteiger partial charge < -0.3 is 0 Å². The molecule has 12 heavy (non-hydrogen) atoms. The quantitative estimate of drug-likeness (QED) is 0.701. The van der Waals surface area contributed by atoms with Gasteiger partial charge in [-0.05, 0) is 0 Å². The third-order valence-electron chi connectivity index (χ3n) is 2.73. The molecule has 1 fully saturated rings. The number of nitrogens with one attached hydrogen (secondary N) is 1. The molecule has 68 valence electrons. The monoisotopic (exact) mass is 228 g/mol. The van der Waals surface area contributed by atoms with Crippen LogP contribution in [0, 0.1) is 22.7 Å². The third-order valence-corrected chi connectivity index (χ3v) is 5.62. The number of nitrogens with zero attached hydrogens (tertiary/aromatic N) is 1. The number of hydrogen-bond donors (Lipinski definition) is 1. The molecule has 3 unspecified atom stereocenters. The van der Waals surface area contributed by atoms with Gasteiger partial charge in [-0.2, -0.15) is 0 Å². The second kappa shape index (κ2) is 3.81. The van der Waals surface area contributed by atoms with Gasteiger partial charge >= 0.3 is 82.9 Å². The van der Waals surface area contributed by atoms with Gasteiger partial charge in [-0.1, -0.05) is 0 Å². The van der Waals surface area contributed by atoms with Crippen LogP contribution in [0.1, 0.15) is 20.3 Å². The van der Waals surface area contributed by atoms with Crippen LogP contribution < -0.4 is 5.32 Å². The first-order chi connectivity index (χ1) is 5.58. The van der Waals surface area contributed by atoms with Crippen LogP contribution >= 0.6 is 0 Å². The van der Waals surface area contributed by atoms with E-state index in [1.165, 1.54) is 6.42 Å². The van der Waals surface area contributed by atoms with Gasteiger partial charge in [0.1, 0.15) is 0 Å². The molecule has 0 amide bonds. The van der Waals surface area contributed by atoms with Gasteiger partial charge in [0.05, 0.1) is 0 Å². The molecule has 0 aromatic rings. The van der Waals surface area contributed by atoms with Crippen LogP contribution in [-0.2, 0) is 0 Å². The van der Waals surface area contributed by atoms with Crippen molar-refractivity contribution in [3.8, 4) is 6.07 Å². The standard InChI is InChI=1S/C9H17AsN2/c1-9(2,6-11)8(10)7-3-4-12-5-7/h7-8,12H,3-5,10H2,1-2H3. The molecule has 1 aliphatic heterocycles. The Kier molecular flexibility index (Phi) is 3.21. The van der Waals surface area contributed by atoms with E-state index >= 15 is 0 Å². The second-order valence-electron chi connectivity index (χ2n) is 4.11. The van der Waals surface area contributed by atoms with Crippen molar-refractivity contribution in [3.63, 3.8) is 0 Å². The molecule has 1 heterocycles. The fourth-order valence-corrected chi connectivity index (χ4v) is 2.49. The molecule has 2 nitrogen and oxygen atoms in total. The van der Waals surface area contributed by atoms with Crippen molar-refractivity contribution in [2.45, 2.75) is 25.0 Å². The van der Waals surface area contributed by atoms with Crippen LogP contribution in [-0.4, -0.2) is 29.9 Å². The van der Waals surface area contributed by atoms with Crippen molar-refractivity contribution in [2.75, 3.05) is 13.1 Å². The molecule has 0 aromatic heterocycles. The summed E-state index contributed by atoms with van der Waals surface area (Å²) in [5.74, 6) is 0.722. The van der Waals surface area contributed by atoms with Gasteiger partial charge in [0, 0.05) is 0 Å². The molecule has 1 aliphatic rings. The van der Waals surface area contributed by atoms with Crippen molar-refractivity contribution >= 4 is 16.9 Å². The summed E-state index contributed by atoms with van der Waals surface area (Å²) in [5.41, 5.74) is -0.142. The fraction of sp³-hybridized carbons (Fsp3) is 0.889. The molecular formula is C9H17AsN2. The summed E-state index contributed by atoms with van der Waals surface area (Å²) < 4.78 is 0.560. The maximum atomic E-state index is 8.96. The van der Waals surface area contributed by atoms with Gasteiger partial charge in [-0.25, -0.2) is 0 Å². The number of rotatable bonds is 2. The molecule has 3 atom stereocenters. The molecule has 0 saturated carbocycles. The van der Waals surface area contributed by atoms with Gasteiger partial charge in [-0.15, -0.1) is 0 Å². The summed E-state index contributed by atoms with van der Waals surface area (Å²) in [4.78, 5) is 0. The van der Waals surface area contributed by atoms with Crippen LogP contribution in [0.15, 0.2) is 0 Å². The summed E-state index contributed by atoms with van der Waals surface area (Å²) in [6, 6.07) is 2.41. The molecule has 0 spiro atoms. The molecular weight excluding hydrogens is 211 g/mol. The normalized spacial score (nSPS) is 26.7. The van der Waals surface area contributed by atoms with Crippen molar-refractivity contribution in [2.24, 2.45) is 11.3 Å². The maximum absolute atomic E-state index is 8.96. The molecule has 0 bridgehead atoms. The summed E-state index contributed by atoms with van der Waals surface area (Å²) in [7, 11) is 0. The average molecular weight is 228 g/mol. The van der Waals surface area contributed by atoms with E-state index in [9.17, 15) is 0 Å². The van der Waals surface area contributed by atoms with Crippen molar-refractivity contribution in [3.05, 3.63) is 0 Å². The van der Waals surface area contributed by atoms with E-state index in [0.717, 1.165) is 19.0 Å². The van der Waals surface area contributed by atoms with Crippen molar-refractivity contribution < 1.29 is 0 Å². The van der Waals surface area contributed by atoms with Crippen LogP contribution in [0.4, 0.5) is 0 Å². The summed E-state index contributed by atoms with van der Waals surface area (Å²) in [5, 5.41) is 12.3. The molecule has 0 radical (unpaired) electrons. The van der Waals surface area contributed by atoms with E-state index in [4.69, 9.17) is 5.26 Å². The van der Waals surface area contributed by atoms with Crippen molar-refractivity contribution in [1.82, 2.24) is 5.32 Å². The predicted octanol–water partition coefficient (Wildman–Crippen LogP) is 0.567. The average Bonchev–Trinajstić information content (AvgIpc) is 2.55. The molecule has 1 N–H and O–H groups in total. The summed E-state index contributed by atoms with van der Waals surface area (Å²) in [6.07, 6.45) is 1.24. The first-order valence-electron chi connectivity index (χ1n) is 4.45. The molecule has 1 saturated heterocycles. The minimum absolute atomic E-state index is 0.142. The Morgan fingerprint density at radius 3 is 2.75 bits per heavy atom. The van der Waals surface area contributed by atoms with Gasteiger partial charge in [0.15, 0.2) is 0 Å². The number of hydrogen-bond acceptors (Lipinski definition) is 2. The first-order valence-corrected chi connectivity index (χ1v) is 5.85. The van der Waals surface area contributed by atoms with Gasteiger partial charge in [-0.3, -0.25) is 0 Å².